The molecule has 0 unspecified atom stereocenters. The van der Waals surface area contributed by atoms with Gasteiger partial charge in [-0.05, 0) is 49.5 Å². The number of rotatable bonds is 2. The molecule has 4 aliphatic rings. The fourth-order valence-electron chi connectivity index (χ4n) is 7.44. The number of nitrogens with one attached hydrogen (secondary N) is 2. The first kappa shape index (κ1) is 22.0. The number of hydrogen-bond acceptors (Lipinski definition) is 5. The van der Waals surface area contributed by atoms with Crippen LogP contribution in [0.2, 0.25) is 0 Å². The number of ether oxygens (including phenoxy) is 1. The fourth-order valence-corrected chi connectivity index (χ4v) is 8.38. The molecule has 0 radical (unpaired) electrons. The molecular formula is C24H34N2O5S. The van der Waals surface area contributed by atoms with Crippen molar-refractivity contribution < 1.29 is 23.1 Å². The van der Waals surface area contributed by atoms with Gasteiger partial charge in [0.1, 0.15) is 17.1 Å². The van der Waals surface area contributed by atoms with Gasteiger partial charge in [0.2, 0.25) is 10.0 Å². The minimum Gasteiger partial charge on any atom is -0.508 e. The van der Waals surface area contributed by atoms with Gasteiger partial charge in [0.05, 0.1) is 11.8 Å². The van der Waals surface area contributed by atoms with E-state index in [1.807, 2.05) is 0 Å². The van der Waals surface area contributed by atoms with Crippen LogP contribution < -0.4 is 14.8 Å². The van der Waals surface area contributed by atoms with E-state index in [2.05, 4.69) is 37.7 Å². The molecule has 1 amide bonds. The zero-order valence-corrected chi connectivity index (χ0v) is 20.4. The standard InChI is InChI=1S/C24H34N2O5S/c1-13-6-7-18-22(2,3)19(26-32(5,29)30)8-9-24(18)23(13,4)11-15-17(27)10-14-16(20(15)31-24)12-25-21(14)28/h10,13,18-19,26-27H,6-9,11-12H2,1-5H3,(H,25,28)/t13-,18-,19-,23+,24-/m0/s1. The SMILES string of the molecule is C[C@H]1CC[C@H]2C(C)(C)[C@@H](NS(C)(=O)=O)CC[C@]23Oc2c(c(O)cc4c2CNC4=O)C[C@]13C. The molecule has 2 fully saturated rings. The fraction of sp³-hybridized carbons (Fsp3) is 0.708. The second-order valence-electron chi connectivity index (χ2n) is 11.3. The van der Waals surface area contributed by atoms with Crippen LogP contribution in [0.15, 0.2) is 6.07 Å². The first-order chi connectivity index (χ1) is 14.8. The van der Waals surface area contributed by atoms with Crippen molar-refractivity contribution in [2.45, 2.75) is 78.0 Å². The Morgan fingerprint density at radius 3 is 2.59 bits per heavy atom. The highest BCUT2D eigenvalue weighted by molar-refractivity contribution is 7.88. The van der Waals surface area contributed by atoms with E-state index >= 15 is 0 Å². The summed E-state index contributed by atoms with van der Waals surface area (Å²) in [5, 5.41) is 13.7. The summed E-state index contributed by atoms with van der Waals surface area (Å²) in [6.45, 7) is 9.29. The van der Waals surface area contributed by atoms with Gasteiger partial charge in [-0.25, -0.2) is 13.1 Å². The summed E-state index contributed by atoms with van der Waals surface area (Å²) in [7, 11) is -3.33. The van der Waals surface area contributed by atoms with Crippen LogP contribution in [0.25, 0.3) is 0 Å². The van der Waals surface area contributed by atoms with E-state index in [-0.39, 0.29) is 34.4 Å². The normalized spacial score (nSPS) is 37.4. The van der Waals surface area contributed by atoms with E-state index in [9.17, 15) is 18.3 Å². The Hall–Kier alpha value is -1.80. The molecule has 8 heteroatoms. The number of benzene rings is 1. The third kappa shape index (κ3) is 2.81. The van der Waals surface area contributed by atoms with E-state index in [4.69, 9.17) is 4.74 Å². The molecule has 2 aliphatic heterocycles. The Morgan fingerprint density at radius 2 is 1.91 bits per heavy atom. The average Bonchev–Trinajstić information content (AvgIpc) is 3.04. The van der Waals surface area contributed by atoms with Crippen LogP contribution >= 0.6 is 0 Å². The maximum Gasteiger partial charge on any atom is 0.252 e. The average molecular weight is 463 g/mol. The number of fused-ring (bicyclic) bond motifs is 3. The Morgan fingerprint density at radius 1 is 1.19 bits per heavy atom. The van der Waals surface area contributed by atoms with Crippen LogP contribution in [0.5, 0.6) is 11.5 Å². The minimum atomic E-state index is -3.33. The summed E-state index contributed by atoms with van der Waals surface area (Å²) in [4.78, 5) is 12.3. The maximum atomic E-state index is 12.3. The van der Waals surface area contributed by atoms with Gasteiger partial charge in [-0.15, -0.1) is 0 Å². The summed E-state index contributed by atoms with van der Waals surface area (Å²) >= 11 is 0. The first-order valence-electron chi connectivity index (χ1n) is 11.6. The highest BCUT2D eigenvalue weighted by Gasteiger charge is 2.68. The topological polar surface area (TPSA) is 105 Å². The molecule has 2 aliphatic carbocycles. The predicted octanol–water partition coefficient (Wildman–Crippen LogP) is 3.10. The molecule has 5 atom stereocenters. The number of carbonyl (C=O) groups is 1. The lowest BCUT2D eigenvalue weighted by Gasteiger charge is -2.67. The summed E-state index contributed by atoms with van der Waals surface area (Å²) in [5.41, 5.74) is 1.13. The minimum absolute atomic E-state index is 0.132. The molecule has 2 heterocycles. The first-order valence-corrected chi connectivity index (χ1v) is 13.5. The van der Waals surface area contributed by atoms with Crippen LogP contribution in [0.4, 0.5) is 0 Å². The third-order valence-electron chi connectivity index (χ3n) is 9.42. The molecule has 7 nitrogen and oxygen atoms in total. The van der Waals surface area contributed by atoms with E-state index < -0.39 is 15.6 Å². The number of carbonyl (C=O) groups excluding carboxylic acids is 1. The summed E-state index contributed by atoms with van der Waals surface area (Å²) < 4.78 is 34.1. The Balaban J connectivity index is 1.66. The zero-order valence-electron chi connectivity index (χ0n) is 19.5. The van der Waals surface area contributed by atoms with Gasteiger partial charge in [0, 0.05) is 35.0 Å². The van der Waals surface area contributed by atoms with Crippen LogP contribution in [0.3, 0.4) is 0 Å². The van der Waals surface area contributed by atoms with Crippen molar-refractivity contribution in [3.63, 3.8) is 0 Å². The molecule has 0 bridgehead atoms. The van der Waals surface area contributed by atoms with Gasteiger partial charge in [-0.1, -0.05) is 27.7 Å². The number of aromatic hydroxyl groups is 1. The number of sulfonamides is 1. The molecule has 1 spiro atoms. The Kier molecular flexibility index (Phi) is 4.56. The zero-order chi connectivity index (χ0) is 23.3. The second kappa shape index (κ2) is 6.63. The Labute approximate surface area is 190 Å². The van der Waals surface area contributed by atoms with Crippen LogP contribution in [-0.2, 0) is 23.0 Å². The van der Waals surface area contributed by atoms with Crippen molar-refractivity contribution in [1.29, 1.82) is 0 Å². The van der Waals surface area contributed by atoms with E-state index in [0.717, 1.165) is 30.4 Å². The molecule has 32 heavy (non-hydrogen) atoms. The molecule has 176 valence electrons. The van der Waals surface area contributed by atoms with Gasteiger partial charge >= 0.3 is 0 Å². The highest BCUT2D eigenvalue weighted by atomic mass is 32.2. The van der Waals surface area contributed by atoms with E-state index in [1.165, 1.54) is 6.26 Å². The molecule has 2 saturated carbocycles. The van der Waals surface area contributed by atoms with Crippen molar-refractivity contribution >= 4 is 15.9 Å². The predicted molar refractivity (Wildman–Crippen MR) is 121 cm³/mol. The molecule has 1 aromatic carbocycles. The lowest BCUT2D eigenvalue weighted by molar-refractivity contribution is -0.215. The van der Waals surface area contributed by atoms with Crippen LogP contribution in [0.1, 0.15) is 74.9 Å². The van der Waals surface area contributed by atoms with E-state index in [0.29, 0.717) is 36.6 Å². The Bertz CT molecular complexity index is 1110. The van der Waals surface area contributed by atoms with Crippen molar-refractivity contribution in [2.24, 2.45) is 22.7 Å². The maximum absolute atomic E-state index is 12.3. The largest absolute Gasteiger partial charge is 0.508 e. The molecule has 3 N–H and O–H groups in total. The van der Waals surface area contributed by atoms with Crippen LogP contribution in [-0.4, -0.2) is 37.3 Å². The lowest BCUT2D eigenvalue weighted by Crippen LogP contribution is -2.71. The molecule has 1 aromatic rings. The monoisotopic (exact) mass is 462 g/mol. The second-order valence-corrected chi connectivity index (χ2v) is 13.1. The lowest BCUT2D eigenvalue weighted by atomic mass is 9.43. The third-order valence-corrected chi connectivity index (χ3v) is 10.1. The van der Waals surface area contributed by atoms with Gasteiger partial charge in [-0.3, -0.25) is 4.79 Å². The molecular weight excluding hydrogens is 428 g/mol. The number of phenolic OH excluding ortho intramolecular Hbond substituents is 1. The van der Waals surface area contributed by atoms with Gasteiger partial charge < -0.3 is 15.2 Å². The highest BCUT2D eigenvalue weighted by Crippen LogP contribution is 2.66. The number of hydrogen-bond donors (Lipinski definition) is 3. The van der Waals surface area contributed by atoms with Crippen molar-refractivity contribution in [2.75, 3.05) is 6.26 Å². The van der Waals surface area contributed by atoms with Gasteiger partial charge in [0.15, 0.2) is 0 Å². The molecule has 0 aromatic heterocycles. The summed E-state index contributed by atoms with van der Waals surface area (Å²) in [6.07, 6.45) is 5.33. The van der Waals surface area contributed by atoms with E-state index in [1.54, 1.807) is 6.07 Å². The summed E-state index contributed by atoms with van der Waals surface area (Å²) in [5.74, 6) is 1.14. The molecule has 0 saturated heterocycles. The van der Waals surface area contributed by atoms with Crippen molar-refractivity contribution in [3.8, 4) is 11.5 Å². The quantitative estimate of drug-likeness (QED) is 0.626. The molecule has 5 rings (SSSR count). The van der Waals surface area contributed by atoms with Crippen LogP contribution in [0, 0.1) is 22.7 Å². The smallest absolute Gasteiger partial charge is 0.252 e. The number of phenols is 1. The van der Waals surface area contributed by atoms with Crippen molar-refractivity contribution in [1.82, 2.24) is 10.0 Å². The van der Waals surface area contributed by atoms with Gasteiger partial charge in [0.25, 0.3) is 5.91 Å². The summed E-state index contributed by atoms with van der Waals surface area (Å²) in [6, 6.07) is 1.43. The number of amides is 1. The van der Waals surface area contributed by atoms with Gasteiger partial charge in [-0.2, -0.15) is 0 Å². The van der Waals surface area contributed by atoms with Crippen molar-refractivity contribution in [3.05, 3.63) is 22.8 Å².